The van der Waals surface area contributed by atoms with Gasteiger partial charge in [0.05, 0.1) is 0 Å². The molecule has 1 fully saturated rings. The maximum atomic E-state index is 5.60. The first-order valence-corrected chi connectivity index (χ1v) is 13.1. The van der Waals surface area contributed by atoms with Gasteiger partial charge in [0.15, 0.2) is 0 Å². The van der Waals surface area contributed by atoms with Gasteiger partial charge in [-0.05, 0) is 0 Å². The van der Waals surface area contributed by atoms with Crippen molar-refractivity contribution in [3.8, 4) is 0 Å². The molecule has 1 atom stereocenters. The van der Waals surface area contributed by atoms with Gasteiger partial charge in [-0.3, -0.25) is 0 Å². The predicted molar refractivity (Wildman–Crippen MR) is 39.8 cm³/mol. The average Bonchev–Trinajstić information content (AvgIpc) is 1.78. The topological polar surface area (TPSA) is 18.5 Å². The van der Waals surface area contributed by atoms with Gasteiger partial charge >= 0.3 is 67.0 Å². The monoisotopic (exact) mass is 309 g/mol. The Morgan fingerprint density at radius 2 is 2.00 bits per heavy atom. The van der Waals surface area contributed by atoms with Crippen LogP contribution < -0.4 is 0 Å². The van der Waals surface area contributed by atoms with Gasteiger partial charge in [-0.25, -0.2) is 0 Å². The number of hydrogen-bond acceptors (Lipinski definition) is 2. The minimum atomic E-state index is -4.28. The molecule has 9 heavy (non-hydrogen) atoms. The number of halogens is 3. The SMILES string of the molecule is CC1CO[Te](Cl)(Cl)(Cl)O1. The Morgan fingerprint density at radius 1 is 1.44 bits per heavy atom. The molecule has 1 aliphatic rings. The van der Waals surface area contributed by atoms with Crippen molar-refractivity contribution in [2.75, 3.05) is 6.61 Å². The maximum absolute atomic E-state index is 5.60. The molecule has 0 N–H and O–H groups in total. The van der Waals surface area contributed by atoms with Crippen LogP contribution in [0.4, 0.5) is 0 Å². The normalized spacial score (nSPS) is 43.6. The summed E-state index contributed by atoms with van der Waals surface area (Å²) in [5.74, 6) is 0. The first-order valence-electron chi connectivity index (χ1n) is 2.31. The van der Waals surface area contributed by atoms with Gasteiger partial charge in [-0.1, -0.05) is 0 Å². The molecule has 0 aromatic rings. The first kappa shape index (κ1) is 8.67. The van der Waals surface area contributed by atoms with Crippen LogP contribution in [0.2, 0.25) is 0 Å². The van der Waals surface area contributed by atoms with E-state index in [4.69, 9.17) is 33.1 Å². The van der Waals surface area contributed by atoms with Crippen molar-refractivity contribution in [2.24, 2.45) is 0 Å². The Balaban J connectivity index is 2.67. The molecule has 0 aromatic heterocycles. The van der Waals surface area contributed by atoms with Crippen molar-refractivity contribution in [1.82, 2.24) is 0 Å². The summed E-state index contributed by atoms with van der Waals surface area (Å²) in [7, 11) is 16.8. The van der Waals surface area contributed by atoms with Crippen molar-refractivity contribution in [3.05, 3.63) is 0 Å². The molecular weight excluding hydrogens is 302 g/mol. The Morgan fingerprint density at radius 3 is 2.11 bits per heavy atom. The second kappa shape index (κ2) is 2.28. The summed E-state index contributed by atoms with van der Waals surface area (Å²) in [5.41, 5.74) is 0. The quantitative estimate of drug-likeness (QED) is 0.638. The molecule has 1 saturated heterocycles. The van der Waals surface area contributed by atoms with Crippen molar-refractivity contribution >= 4 is 41.2 Å². The van der Waals surface area contributed by atoms with E-state index in [-0.39, 0.29) is 6.10 Å². The fourth-order valence-corrected chi connectivity index (χ4v) is 6.95. The summed E-state index contributed by atoms with van der Waals surface area (Å²) >= 11 is -4.28. The predicted octanol–water partition coefficient (Wildman–Crippen LogP) is 2.02. The van der Waals surface area contributed by atoms with Crippen LogP contribution in [0.3, 0.4) is 0 Å². The van der Waals surface area contributed by atoms with Crippen LogP contribution in [0, 0.1) is 0 Å². The molecule has 0 aromatic carbocycles. The standard InChI is InChI=1S/C3H6Cl3O2Te/c1-3-2-7-9(4,5,6)8-3/h3H,2H2,1H3. The molecule has 0 saturated carbocycles. The van der Waals surface area contributed by atoms with Gasteiger partial charge in [0.25, 0.3) is 0 Å². The third-order valence-electron chi connectivity index (χ3n) is 0.797. The van der Waals surface area contributed by atoms with Crippen molar-refractivity contribution in [1.29, 1.82) is 0 Å². The van der Waals surface area contributed by atoms with Crippen LogP contribution in [0.1, 0.15) is 6.92 Å². The van der Waals surface area contributed by atoms with E-state index in [1.165, 1.54) is 0 Å². The van der Waals surface area contributed by atoms with Crippen molar-refractivity contribution in [2.45, 2.75) is 13.0 Å². The van der Waals surface area contributed by atoms with Crippen LogP contribution in [-0.4, -0.2) is 27.0 Å². The Kier molecular flexibility index (Phi) is 2.20. The molecule has 1 aliphatic heterocycles. The summed E-state index contributed by atoms with van der Waals surface area (Å²) in [6.07, 6.45) is -0.0736. The van der Waals surface area contributed by atoms with E-state index >= 15 is 0 Å². The van der Waals surface area contributed by atoms with Gasteiger partial charge in [0, 0.05) is 0 Å². The van der Waals surface area contributed by atoms with E-state index in [1.807, 2.05) is 6.92 Å². The Labute approximate surface area is 66.6 Å². The number of hydrogen-bond donors (Lipinski definition) is 0. The van der Waals surface area contributed by atoms with E-state index in [1.54, 1.807) is 0 Å². The molecule has 0 amide bonds. The summed E-state index contributed by atoms with van der Waals surface area (Å²) in [6.45, 7) is 2.21. The minimum absolute atomic E-state index is 0.0736. The average molecular weight is 308 g/mol. The summed E-state index contributed by atoms with van der Waals surface area (Å²) in [6, 6.07) is 0. The van der Waals surface area contributed by atoms with Crippen LogP contribution in [0.5, 0.6) is 0 Å². The third kappa shape index (κ3) is 2.59. The molecule has 2 nitrogen and oxygen atoms in total. The molecule has 1 radical (unpaired) electrons. The van der Waals surface area contributed by atoms with Gasteiger partial charge < -0.3 is 0 Å². The van der Waals surface area contributed by atoms with E-state index in [9.17, 15) is 0 Å². The number of rotatable bonds is 0. The zero-order valence-corrected chi connectivity index (χ0v) is 9.24. The molecule has 1 rings (SSSR count). The second-order valence-corrected chi connectivity index (χ2v) is 21.0. The molecule has 1 unspecified atom stereocenters. The fourth-order valence-electron chi connectivity index (χ4n) is 0.510. The van der Waals surface area contributed by atoms with E-state index < -0.39 is 14.3 Å². The molecular formula is C3H6Cl3O2Te. The Hall–Kier alpha value is 1.58. The zero-order valence-electron chi connectivity index (χ0n) is 4.64. The van der Waals surface area contributed by atoms with Crippen LogP contribution in [0.15, 0.2) is 0 Å². The summed E-state index contributed by atoms with van der Waals surface area (Å²) in [4.78, 5) is 0. The molecule has 6 heteroatoms. The van der Waals surface area contributed by atoms with E-state index in [0.717, 1.165) is 0 Å². The molecule has 0 spiro atoms. The molecule has 0 bridgehead atoms. The third-order valence-corrected chi connectivity index (χ3v) is 7.26. The van der Waals surface area contributed by atoms with Crippen LogP contribution in [-0.2, 0) is 6.20 Å². The second-order valence-electron chi connectivity index (χ2n) is 1.81. The van der Waals surface area contributed by atoms with E-state index in [0.29, 0.717) is 6.61 Å². The van der Waals surface area contributed by atoms with Crippen LogP contribution in [0.25, 0.3) is 0 Å². The molecule has 1 heterocycles. The van der Waals surface area contributed by atoms with Gasteiger partial charge in [-0.2, -0.15) is 0 Å². The zero-order chi connectivity index (χ0) is 7.15. The molecule has 0 aliphatic carbocycles. The van der Waals surface area contributed by atoms with Crippen molar-refractivity contribution in [3.63, 3.8) is 0 Å². The fraction of sp³-hybridized carbons (Fsp3) is 1.00. The van der Waals surface area contributed by atoms with Crippen LogP contribution >= 0.6 is 26.9 Å². The van der Waals surface area contributed by atoms with Gasteiger partial charge in [0.2, 0.25) is 0 Å². The van der Waals surface area contributed by atoms with Gasteiger partial charge in [-0.15, -0.1) is 0 Å². The molecule has 57 valence electrons. The summed E-state index contributed by atoms with van der Waals surface area (Å²) in [5, 5.41) is 0. The Bertz CT molecular complexity index is 131. The van der Waals surface area contributed by atoms with Crippen molar-refractivity contribution < 1.29 is 6.20 Å². The van der Waals surface area contributed by atoms with Gasteiger partial charge in [0.1, 0.15) is 0 Å². The first-order chi connectivity index (χ1) is 3.87. The summed E-state index contributed by atoms with van der Waals surface area (Å²) < 4.78 is 9.91. The van der Waals surface area contributed by atoms with E-state index in [2.05, 4.69) is 0 Å².